The lowest BCUT2D eigenvalue weighted by Crippen LogP contribution is -2.16. The van der Waals surface area contributed by atoms with Crippen molar-refractivity contribution in [1.29, 1.82) is 0 Å². The largest absolute Gasteiger partial charge is 0.294 e. The van der Waals surface area contributed by atoms with E-state index in [-0.39, 0.29) is 36.3 Å². The summed E-state index contributed by atoms with van der Waals surface area (Å²) in [5, 5.41) is 0. The molecule has 0 heterocycles. The van der Waals surface area contributed by atoms with Crippen LogP contribution in [-0.2, 0) is 50.6 Å². The smallest absolute Gasteiger partial charge is 0.282 e. The fraction of sp³-hybridized carbons (Fsp3) is 0.318. The first kappa shape index (κ1) is 50.6. The lowest BCUT2D eigenvalue weighted by molar-refractivity contribution is 0.400. The van der Waals surface area contributed by atoms with E-state index in [0.29, 0.717) is 48.8 Å². The molecule has 5 atom stereocenters. The second-order valence-corrected chi connectivity index (χ2v) is 23.1. The Morgan fingerprint density at radius 1 is 0.344 bits per heavy atom. The fourth-order valence-corrected chi connectivity index (χ4v) is 10.6. The van der Waals surface area contributed by atoms with Gasteiger partial charge in [-0.05, 0) is 150 Å². The first-order valence-electron chi connectivity index (χ1n) is 20.1. The van der Waals surface area contributed by atoms with Crippen molar-refractivity contribution >= 4 is 50.6 Å². The molecule has 0 amide bonds. The van der Waals surface area contributed by atoms with Crippen LogP contribution in [0.5, 0.6) is 0 Å². The molecule has 15 nitrogen and oxygen atoms in total. The normalized spacial score (nSPS) is 15.2. The highest BCUT2D eigenvalue weighted by atomic mass is 32.2. The van der Waals surface area contributed by atoms with E-state index >= 15 is 0 Å². The molecule has 5 rings (SSSR count). The third kappa shape index (κ3) is 13.8. The van der Waals surface area contributed by atoms with Crippen LogP contribution in [0.25, 0.3) is 0 Å². The van der Waals surface area contributed by atoms with Crippen molar-refractivity contribution in [3.05, 3.63) is 149 Å². The van der Waals surface area contributed by atoms with E-state index in [1.54, 1.807) is 60.7 Å². The molecule has 0 bridgehead atoms. The summed E-state index contributed by atoms with van der Waals surface area (Å²) in [5.74, 6) is -1.70. The van der Waals surface area contributed by atoms with Gasteiger partial charge in [-0.2, -0.15) is 42.1 Å². The average molecular weight is 979 g/mol. The zero-order chi connectivity index (χ0) is 47.3. The van der Waals surface area contributed by atoms with Crippen LogP contribution in [0.2, 0.25) is 0 Å². The summed E-state index contributed by atoms with van der Waals surface area (Å²) in [5.41, 5.74) is 3.50. The number of hydrogen-bond acceptors (Lipinski definition) is 10. The van der Waals surface area contributed by atoms with Gasteiger partial charge < -0.3 is 0 Å². The quantitative estimate of drug-likeness (QED) is 0.0429. The Bertz CT molecular complexity index is 2940. The average Bonchev–Trinajstić information content (AvgIpc) is 3.22. The monoisotopic (exact) mass is 978 g/mol. The lowest BCUT2D eigenvalue weighted by atomic mass is 9.73. The molecule has 0 aliphatic rings. The predicted octanol–water partition coefficient (Wildman–Crippen LogP) is 8.91. The molecular formula is C44H50O15S5. The maximum Gasteiger partial charge on any atom is 0.294 e. The molecule has 0 aliphatic carbocycles. The number of hydrogen-bond donors (Lipinski definition) is 5. The van der Waals surface area contributed by atoms with Crippen molar-refractivity contribution in [2.75, 3.05) is 0 Å². The first-order chi connectivity index (χ1) is 29.7. The Labute approximate surface area is 375 Å². The Hall–Kier alpha value is -4.35. The molecule has 0 aliphatic heterocycles. The van der Waals surface area contributed by atoms with Crippen molar-refractivity contribution in [2.24, 2.45) is 0 Å². The topological polar surface area (TPSA) is 272 Å². The summed E-state index contributed by atoms with van der Waals surface area (Å²) in [4.78, 5) is -1.59. The first-order valence-corrected chi connectivity index (χ1v) is 27.3. The molecule has 0 saturated carbocycles. The minimum atomic E-state index is -4.58. The molecule has 346 valence electrons. The molecule has 20 heteroatoms. The number of unbranched alkanes of at least 4 members (excludes halogenated alkanes) is 1. The molecule has 64 heavy (non-hydrogen) atoms. The van der Waals surface area contributed by atoms with Gasteiger partial charge in [-0.15, -0.1) is 0 Å². The molecule has 0 aromatic heterocycles. The van der Waals surface area contributed by atoms with Gasteiger partial charge in [0.2, 0.25) is 0 Å². The van der Waals surface area contributed by atoms with E-state index in [2.05, 4.69) is 0 Å². The minimum Gasteiger partial charge on any atom is -0.282 e. The van der Waals surface area contributed by atoms with Crippen LogP contribution in [0.4, 0.5) is 0 Å². The highest BCUT2D eigenvalue weighted by Gasteiger charge is 2.29. The highest BCUT2D eigenvalue weighted by molar-refractivity contribution is 7.86. The van der Waals surface area contributed by atoms with Crippen molar-refractivity contribution in [3.8, 4) is 0 Å². The van der Waals surface area contributed by atoms with Crippen LogP contribution in [0.1, 0.15) is 116 Å². The van der Waals surface area contributed by atoms with Crippen molar-refractivity contribution < 1.29 is 64.9 Å². The second-order valence-electron chi connectivity index (χ2n) is 16.0. The van der Waals surface area contributed by atoms with Crippen LogP contribution >= 0.6 is 0 Å². The van der Waals surface area contributed by atoms with E-state index in [0.717, 1.165) is 24.0 Å². The summed E-state index contributed by atoms with van der Waals surface area (Å²) in [6, 6.07) is 28.7. The van der Waals surface area contributed by atoms with Gasteiger partial charge in [0, 0.05) is 0 Å². The summed E-state index contributed by atoms with van der Waals surface area (Å²) in [6.45, 7) is 3.92. The predicted molar refractivity (Wildman–Crippen MR) is 239 cm³/mol. The Morgan fingerprint density at radius 2 is 0.562 bits per heavy atom. The molecule has 5 N–H and O–H groups in total. The molecule has 5 unspecified atom stereocenters. The van der Waals surface area contributed by atoms with Crippen LogP contribution in [0.3, 0.4) is 0 Å². The van der Waals surface area contributed by atoms with Crippen molar-refractivity contribution in [2.45, 2.75) is 113 Å². The molecule has 0 saturated heterocycles. The van der Waals surface area contributed by atoms with E-state index in [1.165, 1.54) is 60.7 Å². The Morgan fingerprint density at radius 3 is 0.812 bits per heavy atom. The van der Waals surface area contributed by atoms with Crippen molar-refractivity contribution in [3.63, 3.8) is 0 Å². The van der Waals surface area contributed by atoms with Crippen molar-refractivity contribution in [1.82, 2.24) is 0 Å². The maximum absolute atomic E-state index is 12.1. The van der Waals surface area contributed by atoms with Crippen LogP contribution in [0, 0.1) is 0 Å². The summed E-state index contributed by atoms with van der Waals surface area (Å²) >= 11 is 0. The van der Waals surface area contributed by atoms with Crippen LogP contribution < -0.4 is 0 Å². The summed E-state index contributed by atoms with van der Waals surface area (Å²) < 4.78 is 168. The third-order valence-corrected chi connectivity index (χ3v) is 15.9. The van der Waals surface area contributed by atoms with Gasteiger partial charge in [0.05, 0.1) is 24.5 Å². The van der Waals surface area contributed by atoms with Gasteiger partial charge in [-0.3, -0.25) is 22.8 Å². The Kier molecular flexibility index (Phi) is 16.2. The summed E-state index contributed by atoms with van der Waals surface area (Å²) in [6.07, 6.45) is 3.75. The Balaban J connectivity index is 1.65. The molecule has 0 fully saturated rings. The van der Waals surface area contributed by atoms with Gasteiger partial charge in [0.1, 0.15) is 0 Å². The zero-order valence-electron chi connectivity index (χ0n) is 34.7. The van der Waals surface area contributed by atoms with E-state index in [9.17, 15) is 64.9 Å². The lowest BCUT2D eigenvalue weighted by Gasteiger charge is -2.32. The second kappa shape index (κ2) is 20.4. The standard InChI is InChI=1S/C44H50O15S5/c1-3-4-5-36(32-8-18-41(19-9-32)61(48,49)50)27-38(34-12-22-43(23-13-34)63(54,55)56)29-39(35-14-24-44(25-15-35)64(57,58)59)28-37(33-10-20-42(21-11-33)62(51,52)53)26-30(2)31-6-16-40(17-7-31)60(45,46)47/h6-25,30,36-39H,3-5,26-29H2,1-2H3,(H,45,46,47)(H,48,49,50)(H,51,52,53)(H,54,55,56)(H,57,58,59). The van der Waals surface area contributed by atoms with Gasteiger partial charge in [0.15, 0.2) is 0 Å². The van der Waals surface area contributed by atoms with E-state index in [4.69, 9.17) is 0 Å². The van der Waals surface area contributed by atoms with Gasteiger partial charge in [0.25, 0.3) is 50.6 Å². The maximum atomic E-state index is 12.1. The SMILES string of the molecule is CCCCC(CC(CC(CC(CC(C)c1ccc(S(=O)(=O)O)cc1)c1ccc(S(=O)(=O)O)cc1)c1ccc(S(=O)(=O)O)cc1)c1ccc(S(=O)(=O)O)cc1)c1ccc(S(=O)(=O)O)cc1. The van der Waals surface area contributed by atoms with Crippen LogP contribution in [0.15, 0.2) is 146 Å². The molecular weight excluding hydrogens is 929 g/mol. The van der Waals surface area contributed by atoms with E-state index in [1.807, 2.05) is 13.8 Å². The number of rotatable bonds is 21. The molecule has 5 aromatic carbocycles. The van der Waals surface area contributed by atoms with Gasteiger partial charge >= 0.3 is 0 Å². The number of benzene rings is 5. The third-order valence-electron chi connectivity index (χ3n) is 11.6. The van der Waals surface area contributed by atoms with E-state index < -0.39 is 68.3 Å². The summed E-state index contributed by atoms with van der Waals surface area (Å²) in [7, 11) is -22.6. The fourth-order valence-electron chi connectivity index (χ4n) is 8.19. The highest BCUT2D eigenvalue weighted by Crippen LogP contribution is 2.45. The zero-order valence-corrected chi connectivity index (χ0v) is 38.8. The minimum absolute atomic E-state index is 0.196. The molecule has 0 radical (unpaired) electrons. The molecule has 0 spiro atoms. The van der Waals surface area contributed by atoms with Gasteiger partial charge in [-0.25, -0.2) is 0 Å². The van der Waals surface area contributed by atoms with Gasteiger partial charge in [-0.1, -0.05) is 87.4 Å². The molecule has 5 aromatic rings. The van der Waals surface area contributed by atoms with Crippen LogP contribution in [-0.4, -0.2) is 64.9 Å².